The van der Waals surface area contributed by atoms with E-state index in [0.717, 1.165) is 11.3 Å². The zero-order chi connectivity index (χ0) is 22.0. The summed E-state index contributed by atoms with van der Waals surface area (Å²) in [5, 5.41) is 15.5. The van der Waals surface area contributed by atoms with Crippen molar-refractivity contribution in [2.24, 2.45) is 0 Å². The molecule has 0 aliphatic rings. The third-order valence-electron chi connectivity index (χ3n) is 4.60. The molecule has 9 heteroatoms. The van der Waals surface area contributed by atoms with Crippen LogP contribution in [0.2, 0.25) is 5.02 Å². The molecule has 7 nitrogen and oxygen atoms in total. The molecule has 0 atom stereocenters. The molecule has 1 amide bonds. The molecule has 3 aromatic carbocycles. The molecule has 4 rings (SSSR count). The molecule has 0 spiro atoms. The number of nitrogens with one attached hydrogen (secondary N) is 2. The number of hydrogen-bond donors (Lipinski definition) is 2. The number of carbonyl (C=O) groups is 1. The van der Waals surface area contributed by atoms with Crippen LogP contribution in [0.15, 0.2) is 60.7 Å². The lowest BCUT2D eigenvalue weighted by molar-refractivity contribution is 0.0977. The van der Waals surface area contributed by atoms with Crippen molar-refractivity contribution < 1.29 is 9.53 Å². The summed E-state index contributed by atoms with van der Waals surface area (Å²) in [6, 6.07) is 17.9. The van der Waals surface area contributed by atoms with Gasteiger partial charge in [0.05, 0.1) is 17.8 Å². The van der Waals surface area contributed by atoms with E-state index in [1.54, 1.807) is 43.5 Å². The van der Waals surface area contributed by atoms with Crippen LogP contribution in [0.3, 0.4) is 0 Å². The van der Waals surface area contributed by atoms with Crippen molar-refractivity contribution in [3.63, 3.8) is 0 Å². The van der Waals surface area contributed by atoms with E-state index >= 15 is 0 Å². The molecule has 2 N–H and O–H groups in total. The fourth-order valence-electron chi connectivity index (χ4n) is 3.02. The molecule has 0 unspecified atom stereocenters. The smallest absolute Gasteiger partial charge is 0.257 e. The fourth-order valence-corrected chi connectivity index (χ4v) is 3.47. The van der Waals surface area contributed by atoms with Crippen molar-refractivity contribution >= 4 is 51.6 Å². The first-order valence-electron chi connectivity index (χ1n) is 9.33. The number of aromatic nitrogens is 3. The minimum atomic E-state index is -0.279. The molecule has 0 radical (unpaired) electrons. The van der Waals surface area contributed by atoms with E-state index in [4.69, 9.17) is 28.6 Å². The number of aryl methyl sites for hydroxylation is 1. The van der Waals surface area contributed by atoms with Crippen molar-refractivity contribution in [2.45, 2.75) is 6.92 Å². The summed E-state index contributed by atoms with van der Waals surface area (Å²) in [7, 11) is 1.56. The summed E-state index contributed by atoms with van der Waals surface area (Å²) in [5.41, 5.74) is 4.25. The first-order chi connectivity index (χ1) is 14.9. The van der Waals surface area contributed by atoms with Crippen LogP contribution < -0.4 is 15.4 Å². The highest BCUT2D eigenvalue weighted by molar-refractivity contribution is 7.80. The lowest BCUT2D eigenvalue weighted by Gasteiger charge is -2.11. The lowest BCUT2D eigenvalue weighted by atomic mass is 10.2. The van der Waals surface area contributed by atoms with Crippen molar-refractivity contribution in [1.29, 1.82) is 0 Å². The van der Waals surface area contributed by atoms with E-state index in [1.165, 1.54) is 4.80 Å². The molecule has 31 heavy (non-hydrogen) atoms. The third-order valence-corrected chi connectivity index (χ3v) is 5.10. The number of ether oxygens (including phenoxy) is 1. The maximum absolute atomic E-state index is 12.3. The average Bonchev–Trinajstić information content (AvgIpc) is 3.17. The highest BCUT2D eigenvalue weighted by Gasteiger charge is 2.12. The molecule has 0 aliphatic carbocycles. The number of amides is 1. The molecular weight excluding hydrogens is 434 g/mol. The number of fused-ring (bicyclic) bond motifs is 1. The number of anilines is 1. The highest BCUT2D eigenvalue weighted by atomic mass is 35.5. The second kappa shape index (κ2) is 8.71. The first-order valence-corrected chi connectivity index (χ1v) is 10.1. The summed E-state index contributed by atoms with van der Waals surface area (Å²) < 4.78 is 5.19. The summed E-state index contributed by atoms with van der Waals surface area (Å²) in [6.45, 7) is 1.92. The monoisotopic (exact) mass is 451 g/mol. The Morgan fingerprint density at radius 3 is 2.45 bits per heavy atom. The summed E-state index contributed by atoms with van der Waals surface area (Å²) in [6.07, 6.45) is 0. The zero-order valence-electron chi connectivity index (χ0n) is 16.7. The molecule has 4 aromatic rings. The van der Waals surface area contributed by atoms with E-state index in [-0.39, 0.29) is 11.0 Å². The molecule has 0 fully saturated rings. The van der Waals surface area contributed by atoms with Crippen molar-refractivity contribution in [3.05, 3.63) is 76.8 Å². The Balaban J connectivity index is 1.55. The number of carbonyl (C=O) groups excluding carboxylic acids is 1. The maximum Gasteiger partial charge on any atom is 0.257 e. The predicted molar refractivity (Wildman–Crippen MR) is 125 cm³/mol. The van der Waals surface area contributed by atoms with E-state index < -0.39 is 0 Å². The van der Waals surface area contributed by atoms with Gasteiger partial charge in [0.15, 0.2) is 5.11 Å². The van der Waals surface area contributed by atoms with Gasteiger partial charge in [-0.1, -0.05) is 29.8 Å². The second-order valence-electron chi connectivity index (χ2n) is 6.74. The summed E-state index contributed by atoms with van der Waals surface area (Å²) in [5.74, 6) is 0.301. The fraction of sp³-hybridized carbons (Fsp3) is 0.0909. The Morgan fingerprint density at radius 1 is 1.06 bits per heavy atom. The predicted octanol–water partition coefficient (Wildman–Crippen LogP) is 4.52. The van der Waals surface area contributed by atoms with Crippen LogP contribution >= 0.6 is 23.8 Å². The molecule has 0 saturated heterocycles. The van der Waals surface area contributed by atoms with Gasteiger partial charge in [-0.25, -0.2) is 0 Å². The van der Waals surface area contributed by atoms with Crippen LogP contribution in [0.1, 0.15) is 15.9 Å². The normalized spacial score (nSPS) is 10.7. The minimum Gasteiger partial charge on any atom is -0.495 e. The van der Waals surface area contributed by atoms with Crippen LogP contribution in [0, 0.1) is 6.92 Å². The average molecular weight is 452 g/mol. The number of nitrogens with zero attached hydrogens (tertiary/aromatic N) is 3. The van der Waals surface area contributed by atoms with Gasteiger partial charge in [0.2, 0.25) is 0 Å². The Labute approximate surface area is 189 Å². The molecular formula is C22H18ClN5O2S. The topological polar surface area (TPSA) is 81.1 Å². The SMILES string of the molecule is COc1ccc(-n2nc3cc(C)c(NC(=S)NC(=O)c4ccccc4)cc3n2)cc1Cl. The van der Waals surface area contributed by atoms with Gasteiger partial charge in [-0.3, -0.25) is 10.1 Å². The van der Waals surface area contributed by atoms with Gasteiger partial charge >= 0.3 is 0 Å². The van der Waals surface area contributed by atoms with Crippen molar-refractivity contribution in [2.75, 3.05) is 12.4 Å². The van der Waals surface area contributed by atoms with Gasteiger partial charge in [0, 0.05) is 11.3 Å². The molecule has 156 valence electrons. The van der Waals surface area contributed by atoms with Crippen molar-refractivity contribution in [3.8, 4) is 11.4 Å². The van der Waals surface area contributed by atoms with E-state index in [0.29, 0.717) is 33.1 Å². The molecule has 0 bridgehead atoms. The summed E-state index contributed by atoms with van der Waals surface area (Å²) in [4.78, 5) is 13.8. The van der Waals surface area contributed by atoms with Crippen LogP contribution in [0.4, 0.5) is 5.69 Å². The standard InChI is InChI=1S/C22H18ClN5O2S/c1-13-10-18-19(27-28(26-18)15-8-9-20(30-2)16(23)11-15)12-17(13)24-22(31)25-21(29)14-6-4-3-5-7-14/h3-12H,1-2H3,(H2,24,25,29,31). The van der Waals surface area contributed by atoms with Crippen LogP contribution in [-0.2, 0) is 0 Å². The largest absolute Gasteiger partial charge is 0.495 e. The van der Waals surface area contributed by atoms with E-state index in [9.17, 15) is 4.79 Å². The van der Waals surface area contributed by atoms with Crippen LogP contribution in [0.25, 0.3) is 16.7 Å². The van der Waals surface area contributed by atoms with Gasteiger partial charge in [-0.05, 0) is 67.2 Å². The van der Waals surface area contributed by atoms with Crippen LogP contribution in [0.5, 0.6) is 5.75 Å². The maximum atomic E-state index is 12.3. The Morgan fingerprint density at radius 2 is 1.77 bits per heavy atom. The zero-order valence-corrected chi connectivity index (χ0v) is 18.3. The Bertz CT molecular complexity index is 1290. The number of halogens is 1. The van der Waals surface area contributed by atoms with Gasteiger partial charge < -0.3 is 10.1 Å². The number of benzene rings is 3. The highest BCUT2D eigenvalue weighted by Crippen LogP contribution is 2.27. The van der Waals surface area contributed by atoms with Gasteiger partial charge in [0.25, 0.3) is 5.91 Å². The summed E-state index contributed by atoms with van der Waals surface area (Å²) >= 11 is 11.5. The van der Waals surface area contributed by atoms with Crippen LogP contribution in [-0.4, -0.2) is 33.1 Å². The number of hydrogen-bond acceptors (Lipinski definition) is 5. The van der Waals surface area contributed by atoms with Crippen molar-refractivity contribution in [1.82, 2.24) is 20.3 Å². The quantitative estimate of drug-likeness (QED) is 0.444. The van der Waals surface area contributed by atoms with Gasteiger partial charge in [0.1, 0.15) is 16.8 Å². The number of thiocarbonyl (C=S) groups is 1. The number of methoxy groups -OCH3 is 1. The Hall–Kier alpha value is -3.49. The second-order valence-corrected chi connectivity index (χ2v) is 7.55. The number of rotatable bonds is 4. The Kier molecular flexibility index (Phi) is 5.83. The molecule has 0 aliphatic heterocycles. The van der Waals surface area contributed by atoms with Gasteiger partial charge in [-0.2, -0.15) is 4.80 Å². The van der Waals surface area contributed by atoms with Gasteiger partial charge in [-0.15, -0.1) is 10.2 Å². The molecule has 1 heterocycles. The molecule has 1 aromatic heterocycles. The lowest BCUT2D eigenvalue weighted by Crippen LogP contribution is -2.34. The minimum absolute atomic E-state index is 0.200. The first kappa shape index (κ1) is 20.8. The molecule has 0 saturated carbocycles. The van der Waals surface area contributed by atoms with E-state index in [2.05, 4.69) is 20.8 Å². The van der Waals surface area contributed by atoms with E-state index in [1.807, 2.05) is 31.2 Å². The third kappa shape index (κ3) is 4.50.